The summed E-state index contributed by atoms with van der Waals surface area (Å²) >= 11 is 0. The largest absolute Gasteiger partial charge is 0.357 e. The minimum atomic E-state index is -0.331. The number of hydrogen-bond acceptors (Lipinski definition) is 4. The average molecular weight is 266 g/mol. The number of anilines is 2. The summed E-state index contributed by atoms with van der Waals surface area (Å²) in [6.07, 6.45) is 4.68. The third kappa shape index (κ3) is 3.33. The van der Waals surface area contributed by atoms with Crippen LogP contribution in [0, 0.1) is 17.7 Å². The lowest BCUT2D eigenvalue weighted by molar-refractivity contribution is 0.351. The molecule has 0 amide bonds. The molecule has 19 heavy (non-hydrogen) atoms. The van der Waals surface area contributed by atoms with E-state index in [-0.39, 0.29) is 5.82 Å². The molecular formula is C14H23FN4. The van der Waals surface area contributed by atoms with Gasteiger partial charge in [-0.3, -0.25) is 0 Å². The zero-order valence-corrected chi connectivity index (χ0v) is 12.0. The minimum Gasteiger partial charge on any atom is -0.357 e. The molecule has 106 valence electrons. The van der Waals surface area contributed by atoms with Crippen LogP contribution >= 0.6 is 0 Å². The van der Waals surface area contributed by atoms with Gasteiger partial charge >= 0.3 is 0 Å². The van der Waals surface area contributed by atoms with Gasteiger partial charge in [-0.05, 0) is 31.1 Å². The summed E-state index contributed by atoms with van der Waals surface area (Å²) < 4.78 is 13.9. The number of halogens is 1. The van der Waals surface area contributed by atoms with Gasteiger partial charge in [0, 0.05) is 20.1 Å². The number of hydrogen-bond donors (Lipinski definition) is 1. The summed E-state index contributed by atoms with van der Waals surface area (Å²) in [5.41, 5.74) is 0. The highest BCUT2D eigenvalue weighted by atomic mass is 19.1. The van der Waals surface area contributed by atoms with Crippen LogP contribution in [0.5, 0.6) is 0 Å². The van der Waals surface area contributed by atoms with E-state index in [4.69, 9.17) is 0 Å². The molecule has 1 aliphatic rings. The summed E-state index contributed by atoms with van der Waals surface area (Å²) in [6.45, 7) is 6.29. The maximum Gasteiger partial charge on any atom is 0.224 e. The van der Waals surface area contributed by atoms with Crippen molar-refractivity contribution in [2.24, 2.45) is 11.8 Å². The van der Waals surface area contributed by atoms with Crippen molar-refractivity contribution in [3.63, 3.8) is 0 Å². The van der Waals surface area contributed by atoms with Crippen molar-refractivity contribution in [2.45, 2.75) is 33.1 Å². The molecule has 4 nitrogen and oxygen atoms in total. The second kappa shape index (κ2) is 6.17. The van der Waals surface area contributed by atoms with Gasteiger partial charge in [0.05, 0.1) is 6.20 Å². The smallest absolute Gasteiger partial charge is 0.224 e. The highest BCUT2D eigenvalue weighted by Gasteiger charge is 2.22. The Hall–Kier alpha value is -1.39. The van der Waals surface area contributed by atoms with Gasteiger partial charge in [0.2, 0.25) is 5.95 Å². The number of rotatable bonds is 3. The van der Waals surface area contributed by atoms with Crippen LogP contribution in [-0.4, -0.2) is 30.1 Å². The van der Waals surface area contributed by atoms with Crippen LogP contribution in [0.4, 0.5) is 16.2 Å². The number of nitrogens with one attached hydrogen (secondary N) is 1. The molecule has 0 spiro atoms. The Labute approximate surface area is 114 Å². The molecule has 1 aliphatic heterocycles. The fourth-order valence-corrected chi connectivity index (χ4v) is 2.70. The molecule has 1 atom stereocenters. The van der Waals surface area contributed by atoms with E-state index in [0.29, 0.717) is 17.7 Å². The first-order valence-corrected chi connectivity index (χ1v) is 7.07. The van der Waals surface area contributed by atoms with Crippen LogP contribution in [0.15, 0.2) is 6.20 Å². The molecule has 1 aromatic heterocycles. The van der Waals surface area contributed by atoms with Crippen molar-refractivity contribution in [1.29, 1.82) is 0 Å². The number of nitrogens with zero attached hydrogens (tertiary/aromatic N) is 3. The first-order valence-electron chi connectivity index (χ1n) is 7.07. The summed E-state index contributed by atoms with van der Waals surface area (Å²) in [4.78, 5) is 10.2. The maximum absolute atomic E-state index is 13.9. The van der Waals surface area contributed by atoms with Crippen molar-refractivity contribution in [3.8, 4) is 0 Å². The second-order valence-corrected chi connectivity index (χ2v) is 5.54. The van der Waals surface area contributed by atoms with Gasteiger partial charge in [0.15, 0.2) is 11.6 Å². The fraction of sp³-hybridized carbons (Fsp3) is 0.714. The van der Waals surface area contributed by atoms with E-state index in [9.17, 15) is 4.39 Å². The predicted molar refractivity (Wildman–Crippen MR) is 75.9 cm³/mol. The fourth-order valence-electron chi connectivity index (χ4n) is 2.70. The zero-order chi connectivity index (χ0) is 13.8. The molecule has 1 saturated heterocycles. The highest BCUT2D eigenvalue weighted by Crippen LogP contribution is 2.27. The Bertz CT molecular complexity index is 422. The minimum absolute atomic E-state index is 0.331. The lowest BCUT2D eigenvalue weighted by atomic mass is 9.89. The summed E-state index contributed by atoms with van der Waals surface area (Å²) in [5, 5.41) is 2.86. The molecule has 2 rings (SSSR count). The van der Waals surface area contributed by atoms with Gasteiger partial charge in [0.25, 0.3) is 0 Å². The quantitative estimate of drug-likeness (QED) is 0.913. The molecular weight excluding hydrogens is 243 g/mol. The molecule has 1 aromatic rings. The Morgan fingerprint density at radius 3 is 2.84 bits per heavy atom. The van der Waals surface area contributed by atoms with Gasteiger partial charge in [-0.1, -0.05) is 13.8 Å². The molecule has 0 radical (unpaired) electrons. The predicted octanol–water partition coefficient (Wildman–Crippen LogP) is 2.92. The molecule has 0 saturated carbocycles. The van der Waals surface area contributed by atoms with E-state index in [2.05, 4.69) is 34.0 Å². The lowest BCUT2D eigenvalue weighted by Gasteiger charge is -2.23. The van der Waals surface area contributed by atoms with Gasteiger partial charge in [-0.15, -0.1) is 0 Å². The van der Waals surface area contributed by atoms with Gasteiger partial charge in [-0.2, -0.15) is 4.98 Å². The average Bonchev–Trinajstić information content (AvgIpc) is 2.65. The third-order valence-electron chi connectivity index (χ3n) is 3.96. The van der Waals surface area contributed by atoms with E-state index in [1.165, 1.54) is 12.6 Å². The van der Waals surface area contributed by atoms with E-state index >= 15 is 0 Å². The lowest BCUT2D eigenvalue weighted by Crippen LogP contribution is -2.27. The first kappa shape index (κ1) is 14.0. The summed E-state index contributed by atoms with van der Waals surface area (Å²) in [7, 11) is 1.74. The zero-order valence-electron chi connectivity index (χ0n) is 12.0. The Morgan fingerprint density at radius 1 is 1.37 bits per heavy atom. The Kier molecular flexibility index (Phi) is 4.56. The van der Waals surface area contributed by atoms with Crippen molar-refractivity contribution in [2.75, 3.05) is 30.4 Å². The first-order chi connectivity index (χ1) is 9.11. The van der Waals surface area contributed by atoms with Crippen LogP contribution in [0.3, 0.4) is 0 Å². The molecule has 0 aliphatic carbocycles. The standard InChI is InChI=1S/C14H23FN4/c1-10(2)11-5-4-7-19(8-6-11)13-12(15)9-17-14(16-3)18-13/h9-11H,4-8H2,1-3H3,(H,16,17,18). The van der Waals surface area contributed by atoms with Crippen molar-refractivity contribution >= 4 is 11.8 Å². The highest BCUT2D eigenvalue weighted by molar-refractivity contribution is 5.43. The molecule has 5 heteroatoms. The molecule has 1 fully saturated rings. The van der Waals surface area contributed by atoms with E-state index < -0.39 is 0 Å². The second-order valence-electron chi connectivity index (χ2n) is 5.54. The van der Waals surface area contributed by atoms with E-state index in [1.807, 2.05) is 0 Å². The summed E-state index contributed by atoms with van der Waals surface area (Å²) in [5.74, 6) is 2.01. The van der Waals surface area contributed by atoms with Crippen molar-refractivity contribution < 1.29 is 4.39 Å². The Morgan fingerprint density at radius 2 is 2.16 bits per heavy atom. The van der Waals surface area contributed by atoms with Gasteiger partial charge < -0.3 is 10.2 Å². The van der Waals surface area contributed by atoms with Gasteiger partial charge in [-0.25, -0.2) is 9.37 Å². The van der Waals surface area contributed by atoms with Crippen LogP contribution in [0.25, 0.3) is 0 Å². The third-order valence-corrected chi connectivity index (χ3v) is 3.96. The van der Waals surface area contributed by atoms with Crippen LogP contribution in [0.1, 0.15) is 33.1 Å². The topological polar surface area (TPSA) is 41.1 Å². The van der Waals surface area contributed by atoms with E-state index in [1.54, 1.807) is 7.05 Å². The van der Waals surface area contributed by atoms with Crippen LogP contribution in [0.2, 0.25) is 0 Å². The monoisotopic (exact) mass is 266 g/mol. The maximum atomic E-state index is 13.9. The SMILES string of the molecule is CNc1ncc(F)c(N2CCCC(C(C)C)CC2)n1. The van der Waals surface area contributed by atoms with Gasteiger partial charge in [0.1, 0.15) is 0 Å². The summed E-state index contributed by atoms with van der Waals surface area (Å²) in [6, 6.07) is 0. The molecule has 0 bridgehead atoms. The van der Waals surface area contributed by atoms with Crippen LogP contribution in [-0.2, 0) is 0 Å². The molecule has 1 N–H and O–H groups in total. The normalized spacial score (nSPS) is 20.5. The van der Waals surface area contributed by atoms with E-state index in [0.717, 1.165) is 31.8 Å². The van der Waals surface area contributed by atoms with Crippen molar-refractivity contribution in [3.05, 3.63) is 12.0 Å². The molecule has 1 unspecified atom stereocenters. The van der Waals surface area contributed by atoms with Crippen LogP contribution < -0.4 is 10.2 Å². The number of aromatic nitrogens is 2. The molecule has 0 aromatic carbocycles. The van der Waals surface area contributed by atoms with Crippen molar-refractivity contribution in [1.82, 2.24) is 9.97 Å². The molecule has 2 heterocycles. The Balaban J connectivity index is 2.13.